The number of carbonyl (C=O) groups excluding carboxylic acids is 1. The normalized spacial score (nSPS) is 20.3. The molecule has 8 heteroatoms. The molecule has 1 amide bonds. The molecule has 0 radical (unpaired) electrons. The summed E-state index contributed by atoms with van der Waals surface area (Å²) >= 11 is 0. The second-order valence-electron chi connectivity index (χ2n) is 11.6. The minimum Gasteiger partial charge on any atom is -0.368 e. The SMILES string of the molecule is CCN(c1c(C)c(C(=O)NCc2c(C)cc(C)[nH]c2=O)cc2c1cnn2C)C1CCC(N2CCCCC2)CC1. The lowest BCUT2D eigenvalue weighted by Crippen LogP contribution is -2.46. The molecule has 1 saturated heterocycles. The van der Waals surface area contributed by atoms with Gasteiger partial charge in [-0.15, -0.1) is 0 Å². The number of hydrogen-bond donors (Lipinski definition) is 2. The molecule has 0 unspecified atom stereocenters. The molecule has 39 heavy (non-hydrogen) atoms. The Balaban J connectivity index is 1.41. The van der Waals surface area contributed by atoms with Gasteiger partial charge < -0.3 is 20.1 Å². The van der Waals surface area contributed by atoms with Crippen LogP contribution in [-0.4, -0.2) is 57.3 Å². The van der Waals surface area contributed by atoms with E-state index in [0.29, 0.717) is 23.2 Å². The summed E-state index contributed by atoms with van der Waals surface area (Å²) in [5, 5.41) is 8.69. The summed E-state index contributed by atoms with van der Waals surface area (Å²) in [6.45, 7) is 11.6. The van der Waals surface area contributed by atoms with Gasteiger partial charge in [-0.3, -0.25) is 14.3 Å². The predicted molar refractivity (Wildman–Crippen MR) is 158 cm³/mol. The first kappa shape index (κ1) is 27.4. The summed E-state index contributed by atoms with van der Waals surface area (Å²) in [7, 11) is 1.93. The Kier molecular flexibility index (Phi) is 8.12. The second kappa shape index (κ2) is 11.5. The molecule has 1 aliphatic heterocycles. The number of piperidine rings is 1. The van der Waals surface area contributed by atoms with Crippen LogP contribution in [0.1, 0.15) is 84.6 Å². The first-order chi connectivity index (χ1) is 18.8. The fourth-order valence-electron chi connectivity index (χ4n) is 6.96. The molecular weight excluding hydrogens is 488 g/mol. The number of anilines is 1. The van der Waals surface area contributed by atoms with Crippen molar-refractivity contribution >= 4 is 22.5 Å². The van der Waals surface area contributed by atoms with Crippen LogP contribution < -0.4 is 15.8 Å². The van der Waals surface area contributed by atoms with E-state index in [-0.39, 0.29) is 18.0 Å². The standard InChI is InChI=1S/C31H44N6O2/c1-6-37(24-12-10-23(11-13-24)36-14-8-7-9-15-36)29-22(4)25(17-28-27(29)19-33-35(28)5)30(38)32-18-26-20(2)16-21(3)34-31(26)39/h16-17,19,23-24H,6-15,18H2,1-5H3,(H,32,38)(H,34,39). The predicted octanol–water partition coefficient (Wildman–Crippen LogP) is 4.74. The number of hydrogen-bond acceptors (Lipinski definition) is 5. The third-order valence-electron chi connectivity index (χ3n) is 9.09. The van der Waals surface area contributed by atoms with E-state index in [4.69, 9.17) is 0 Å². The Labute approximate surface area is 231 Å². The maximum atomic E-state index is 13.6. The quantitative estimate of drug-likeness (QED) is 0.459. The molecule has 1 aromatic carbocycles. The third kappa shape index (κ3) is 5.49. The van der Waals surface area contributed by atoms with E-state index in [9.17, 15) is 9.59 Å². The summed E-state index contributed by atoms with van der Waals surface area (Å²) in [4.78, 5) is 34.2. The minimum atomic E-state index is -0.166. The van der Waals surface area contributed by atoms with Crippen LogP contribution in [0.4, 0.5) is 5.69 Å². The number of pyridine rings is 1. The van der Waals surface area contributed by atoms with E-state index in [0.717, 1.165) is 40.0 Å². The molecule has 2 aliphatic rings. The molecule has 0 atom stereocenters. The molecule has 3 heterocycles. The van der Waals surface area contributed by atoms with Crippen molar-refractivity contribution in [3.63, 3.8) is 0 Å². The van der Waals surface area contributed by atoms with Gasteiger partial charge in [0.05, 0.1) is 17.4 Å². The average molecular weight is 533 g/mol. The molecular formula is C31H44N6O2. The zero-order chi connectivity index (χ0) is 27.7. The van der Waals surface area contributed by atoms with E-state index in [2.05, 4.69) is 39.0 Å². The highest BCUT2D eigenvalue weighted by Crippen LogP contribution is 2.38. The molecule has 210 valence electrons. The van der Waals surface area contributed by atoms with Gasteiger partial charge in [-0.05, 0) is 103 Å². The molecule has 2 N–H and O–H groups in total. The summed E-state index contributed by atoms with van der Waals surface area (Å²) in [6, 6.07) is 5.05. The number of aryl methyl sites for hydroxylation is 3. The summed E-state index contributed by atoms with van der Waals surface area (Å²) < 4.78 is 1.85. The monoisotopic (exact) mass is 532 g/mol. The van der Waals surface area contributed by atoms with E-state index < -0.39 is 0 Å². The molecule has 0 bridgehead atoms. The molecule has 2 aromatic heterocycles. The number of aromatic nitrogens is 3. The average Bonchev–Trinajstić information content (AvgIpc) is 3.30. The van der Waals surface area contributed by atoms with Gasteiger partial charge in [0.2, 0.25) is 0 Å². The van der Waals surface area contributed by atoms with Crippen molar-refractivity contribution in [1.82, 2.24) is 25.0 Å². The van der Waals surface area contributed by atoms with Crippen LogP contribution in [0, 0.1) is 20.8 Å². The van der Waals surface area contributed by atoms with Crippen LogP contribution in [0.5, 0.6) is 0 Å². The number of aromatic amines is 1. The molecule has 2 fully saturated rings. The maximum Gasteiger partial charge on any atom is 0.253 e. The Hall–Kier alpha value is -3.13. The van der Waals surface area contributed by atoms with Crippen molar-refractivity contribution in [3.8, 4) is 0 Å². The van der Waals surface area contributed by atoms with Gasteiger partial charge in [-0.2, -0.15) is 5.10 Å². The fourth-order valence-corrected chi connectivity index (χ4v) is 6.96. The molecule has 8 nitrogen and oxygen atoms in total. The van der Waals surface area contributed by atoms with E-state index in [1.807, 2.05) is 43.9 Å². The van der Waals surface area contributed by atoms with E-state index in [1.165, 1.54) is 58.0 Å². The van der Waals surface area contributed by atoms with Crippen LogP contribution in [0.15, 0.2) is 23.1 Å². The number of rotatable bonds is 7. The molecule has 5 rings (SSSR count). The van der Waals surface area contributed by atoms with Gasteiger partial charge in [0.1, 0.15) is 0 Å². The van der Waals surface area contributed by atoms with E-state index in [1.54, 1.807) is 0 Å². The number of H-pyrrole nitrogens is 1. The lowest BCUT2D eigenvalue weighted by atomic mass is 9.87. The molecule has 1 aliphatic carbocycles. The lowest BCUT2D eigenvalue weighted by Gasteiger charge is -2.43. The van der Waals surface area contributed by atoms with Gasteiger partial charge in [-0.25, -0.2) is 0 Å². The number of benzene rings is 1. The van der Waals surface area contributed by atoms with Crippen molar-refractivity contribution < 1.29 is 4.79 Å². The second-order valence-corrected chi connectivity index (χ2v) is 11.6. The maximum absolute atomic E-state index is 13.6. The van der Waals surface area contributed by atoms with Crippen molar-refractivity contribution in [3.05, 3.63) is 56.6 Å². The van der Waals surface area contributed by atoms with Gasteiger partial charge >= 0.3 is 0 Å². The summed E-state index contributed by atoms with van der Waals surface area (Å²) in [5.74, 6) is -0.166. The van der Waals surface area contributed by atoms with Crippen LogP contribution in [0.3, 0.4) is 0 Å². The highest BCUT2D eigenvalue weighted by molar-refractivity contribution is 6.05. The molecule has 3 aromatic rings. The molecule has 0 spiro atoms. The van der Waals surface area contributed by atoms with Crippen LogP contribution >= 0.6 is 0 Å². The Morgan fingerprint density at radius 2 is 1.82 bits per heavy atom. The highest BCUT2D eigenvalue weighted by Gasteiger charge is 2.31. The van der Waals surface area contributed by atoms with Gasteiger partial charge in [0.15, 0.2) is 0 Å². The summed E-state index contributed by atoms with van der Waals surface area (Å²) in [6.07, 6.45) is 10.8. The van der Waals surface area contributed by atoms with Crippen LogP contribution in [0.2, 0.25) is 0 Å². The van der Waals surface area contributed by atoms with Crippen molar-refractivity contribution in [2.24, 2.45) is 7.05 Å². The first-order valence-corrected chi connectivity index (χ1v) is 14.7. The first-order valence-electron chi connectivity index (χ1n) is 14.7. The van der Waals surface area contributed by atoms with Crippen LogP contribution in [0.25, 0.3) is 10.9 Å². The van der Waals surface area contributed by atoms with E-state index >= 15 is 0 Å². The Morgan fingerprint density at radius 1 is 1.10 bits per heavy atom. The number of carbonyl (C=O) groups is 1. The zero-order valence-corrected chi connectivity index (χ0v) is 24.3. The topological polar surface area (TPSA) is 86.3 Å². The number of amides is 1. The number of fused-ring (bicyclic) bond motifs is 1. The Morgan fingerprint density at radius 3 is 2.49 bits per heavy atom. The zero-order valence-electron chi connectivity index (χ0n) is 24.3. The number of nitrogens with zero attached hydrogens (tertiary/aromatic N) is 4. The number of nitrogens with one attached hydrogen (secondary N) is 2. The lowest BCUT2D eigenvalue weighted by molar-refractivity contribution is 0.0950. The van der Waals surface area contributed by atoms with Gasteiger partial charge in [0, 0.05) is 54.4 Å². The van der Waals surface area contributed by atoms with Crippen LogP contribution in [-0.2, 0) is 13.6 Å². The van der Waals surface area contributed by atoms with Gasteiger partial charge in [-0.1, -0.05) is 6.42 Å². The smallest absolute Gasteiger partial charge is 0.253 e. The highest BCUT2D eigenvalue weighted by atomic mass is 16.1. The van der Waals surface area contributed by atoms with Crippen molar-refractivity contribution in [1.29, 1.82) is 0 Å². The molecule has 1 saturated carbocycles. The largest absolute Gasteiger partial charge is 0.368 e. The Bertz CT molecular complexity index is 1390. The van der Waals surface area contributed by atoms with Gasteiger partial charge in [0.25, 0.3) is 11.5 Å². The third-order valence-corrected chi connectivity index (χ3v) is 9.09. The van der Waals surface area contributed by atoms with Crippen molar-refractivity contribution in [2.45, 2.75) is 91.3 Å². The fraction of sp³-hybridized carbons (Fsp3) is 0.581. The number of likely N-dealkylation sites (tertiary alicyclic amines) is 1. The minimum absolute atomic E-state index is 0.149. The van der Waals surface area contributed by atoms with Crippen molar-refractivity contribution in [2.75, 3.05) is 24.5 Å². The summed E-state index contributed by atoms with van der Waals surface area (Å²) in [5.41, 5.74) is 5.83.